The van der Waals surface area contributed by atoms with Crippen LogP contribution in [0.1, 0.15) is 30.7 Å². The number of nitrogens with zero attached hydrogens (tertiary/aromatic N) is 3. The second-order valence-electron chi connectivity index (χ2n) is 8.47. The van der Waals surface area contributed by atoms with Crippen molar-refractivity contribution in [3.8, 4) is 22.9 Å². The highest BCUT2D eigenvalue weighted by Crippen LogP contribution is 2.35. The minimum Gasteiger partial charge on any atom is -0.467 e. The molecule has 2 heterocycles. The van der Waals surface area contributed by atoms with Gasteiger partial charge in [0, 0.05) is 18.5 Å². The SMILES string of the molecule is Cc1cccc(Oc2c(CN(Cc3ccco3)C(=O)C(C)C)c(-c3ccccc3)nn2C)c1. The van der Waals surface area contributed by atoms with Gasteiger partial charge in [-0.2, -0.15) is 5.10 Å². The minimum atomic E-state index is -0.155. The molecule has 0 atom stereocenters. The Hall–Kier alpha value is -3.80. The summed E-state index contributed by atoms with van der Waals surface area (Å²) in [6, 6.07) is 21.6. The first-order chi connectivity index (χ1) is 15.9. The lowest BCUT2D eigenvalue weighted by molar-refractivity contribution is -0.136. The van der Waals surface area contributed by atoms with Gasteiger partial charge in [0.2, 0.25) is 11.8 Å². The molecule has 0 radical (unpaired) electrons. The normalized spacial score (nSPS) is 11.1. The van der Waals surface area contributed by atoms with Crippen LogP contribution in [0.15, 0.2) is 77.4 Å². The molecule has 0 saturated heterocycles. The zero-order valence-corrected chi connectivity index (χ0v) is 19.5. The van der Waals surface area contributed by atoms with Crippen molar-refractivity contribution in [2.45, 2.75) is 33.9 Å². The molecule has 0 spiro atoms. The molecule has 4 rings (SSSR count). The minimum absolute atomic E-state index is 0.0378. The molecule has 0 N–H and O–H groups in total. The molecular formula is C27H29N3O3. The highest BCUT2D eigenvalue weighted by atomic mass is 16.5. The molecule has 1 amide bonds. The summed E-state index contributed by atoms with van der Waals surface area (Å²) in [7, 11) is 1.86. The second-order valence-corrected chi connectivity index (χ2v) is 8.47. The van der Waals surface area contributed by atoms with E-state index in [-0.39, 0.29) is 11.8 Å². The van der Waals surface area contributed by atoms with Crippen molar-refractivity contribution in [3.05, 3.63) is 89.9 Å². The highest BCUT2D eigenvalue weighted by Gasteiger charge is 2.26. The Kier molecular flexibility index (Phi) is 6.63. The molecule has 0 saturated carbocycles. The van der Waals surface area contributed by atoms with E-state index >= 15 is 0 Å². The highest BCUT2D eigenvalue weighted by molar-refractivity contribution is 5.78. The molecule has 2 aromatic heterocycles. The van der Waals surface area contributed by atoms with E-state index in [4.69, 9.17) is 14.3 Å². The van der Waals surface area contributed by atoms with Crippen LogP contribution >= 0.6 is 0 Å². The van der Waals surface area contributed by atoms with Gasteiger partial charge < -0.3 is 14.1 Å². The van der Waals surface area contributed by atoms with E-state index in [1.807, 2.05) is 94.5 Å². The smallest absolute Gasteiger partial charge is 0.225 e. The van der Waals surface area contributed by atoms with E-state index < -0.39 is 0 Å². The number of rotatable bonds is 8. The van der Waals surface area contributed by atoms with Crippen molar-refractivity contribution in [3.63, 3.8) is 0 Å². The Morgan fingerprint density at radius 2 is 1.85 bits per heavy atom. The number of carbonyl (C=O) groups is 1. The molecule has 2 aromatic carbocycles. The molecule has 0 aliphatic rings. The fourth-order valence-corrected chi connectivity index (χ4v) is 3.80. The van der Waals surface area contributed by atoms with Crippen molar-refractivity contribution < 1.29 is 13.9 Å². The predicted molar refractivity (Wildman–Crippen MR) is 128 cm³/mol. The van der Waals surface area contributed by atoms with E-state index in [0.717, 1.165) is 33.9 Å². The van der Waals surface area contributed by atoms with Crippen LogP contribution < -0.4 is 4.74 Å². The average molecular weight is 444 g/mol. The van der Waals surface area contributed by atoms with Crippen LogP contribution in [0, 0.1) is 12.8 Å². The Labute approximate surface area is 194 Å². The summed E-state index contributed by atoms with van der Waals surface area (Å²) in [4.78, 5) is 15.0. The van der Waals surface area contributed by atoms with Crippen molar-refractivity contribution in [2.75, 3.05) is 0 Å². The number of furan rings is 1. The van der Waals surface area contributed by atoms with Gasteiger partial charge in [0.1, 0.15) is 17.2 Å². The molecule has 6 nitrogen and oxygen atoms in total. The molecule has 0 unspecified atom stereocenters. The van der Waals surface area contributed by atoms with E-state index in [0.29, 0.717) is 19.0 Å². The van der Waals surface area contributed by atoms with E-state index in [1.165, 1.54) is 0 Å². The molecule has 0 bridgehead atoms. The van der Waals surface area contributed by atoms with Gasteiger partial charge in [-0.15, -0.1) is 0 Å². The van der Waals surface area contributed by atoms with Crippen molar-refractivity contribution >= 4 is 5.91 Å². The third kappa shape index (κ3) is 5.17. The van der Waals surface area contributed by atoms with Gasteiger partial charge in [-0.25, -0.2) is 4.68 Å². The molecule has 0 fully saturated rings. The number of carbonyl (C=O) groups excluding carboxylic acids is 1. The molecule has 4 aromatic rings. The quantitative estimate of drug-likeness (QED) is 0.337. The summed E-state index contributed by atoms with van der Waals surface area (Å²) in [5, 5.41) is 4.78. The van der Waals surface area contributed by atoms with Crippen LogP contribution in [0.3, 0.4) is 0 Å². The van der Waals surface area contributed by atoms with Gasteiger partial charge in [0.15, 0.2) is 0 Å². The Balaban J connectivity index is 1.78. The molecule has 0 aliphatic carbocycles. The average Bonchev–Trinajstić information content (AvgIpc) is 3.42. The van der Waals surface area contributed by atoms with Gasteiger partial charge in [-0.1, -0.05) is 56.3 Å². The summed E-state index contributed by atoms with van der Waals surface area (Å²) in [6.45, 7) is 6.55. The van der Waals surface area contributed by atoms with Crippen LogP contribution in [0.4, 0.5) is 0 Å². The predicted octanol–water partition coefficient (Wildman–Crippen LogP) is 5.97. The van der Waals surface area contributed by atoms with Gasteiger partial charge in [-0.05, 0) is 36.8 Å². The third-order valence-electron chi connectivity index (χ3n) is 5.42. The number of ether oxygens (including phenoxy) is 1. The van der Waals surface area contributed by atoms with Crippen molar-refractivity contribution in [1.82, 2.24) is 14.7 Å². The summed E-state index contributed by atoms with van der Waals surface area (Å²) in [5.41, 5.74) is 3.72. The van der Waals surface area contributed by atoms with Crippen LogP contribution in [0.5, 0.6) is 11.6 Å². The molecule has 170 valence electrons. The third-order valence-corrected chi connectivity index (χ3v) is 5.42. The lowest BCUT2D eigenvalue weighted by Gasteiger charge is -2.24. The number of aryl methyl sites for hydroxylation is 2. The van der Waals surface area contributed by atoms with Gasteiger partial charge in [0.05, 0.1) is 24.9 Å². The number of hydrogen-bond donors (Lipinski definition) is 0. The fourth-order valence-electron chi connectivity index (χ4n) is 3.80. The summed E-state index contributed by atoms with van der Waals surface area (Å²) < 4.78 is 13.6. The maximum absolute atomic E-state index is 13.2. The van der Waals surface area contributed by atoms with Crippen LogP contribution in [0.25, 0.3) is 11.3 Å². The number of amides is 1. The molecular weight excluding hydrogens is 414 g/mol. The second kappa shape index (κ2) is 9.77. The fraction of sp³-hybridized carbons (Fsp3) is 0.259. The summed E-state index contributed by atoms with van der Waals surface area (Å²) >= 11 is 0. The number of hydrogen-bond acceptors (Lipinski definition) is 4. The summed E-state index contributed by atoms with van der Waals surface area (Å²) in [5.74, 6) is 1.95. The zero-order valence-electron chi connectivity index (χ0n) is 19.5. The van der Waals surface area contributed by atoms with Crippen molar-refractivity contribution in [1.29, 1.82) is 0 Å². The number of aromatic nitrogens is 2. The largest absolute Gasteiger partial charge is 0.467 e. The summed E-state index contributed by atoms with van der Waals surface area (Å²) in [6.07, 6.45) is 1.62. The Morgan fingerprint density at radius 3 is 2.52 bits per heavy atom. The zero-order chi connectivity index (χ0) is 23.4. The van der Waals surface area contributed by atoms with Crippen LogP contribution in [-0.2, 0) is 24.9 Å². The first kappa shape index (κ1) is 22.4. The monoisotopic (exact) mass is 443 g/mol. The molecule has 33 heavy (non-hydrogen) atoms. The lowest BCUT2D eigenvalue weighted by atomic mass is 10.1. The first-order valence-corrected chi connectivity index (χ1v) is 11.1. The van der Waals surface area contributed by atoms with E-state index in [9.17, 15) is 4.79 Å². The number of benzene rings is 2. The van der Waals surface area contributed by atoms with E-state index in [1.54, 1.807) is 15.8 Å². The van der Waals surface area contributed by atoms with Crippen LogP contribution in [-0.4, -0.2) is 20.6 Å². The maximum atomic E-state index is 13.2. The van der Waals surface area contributed by atoms with E-state index in [2.05, 4.69) is 0 Å². The van der Waals surface area contributed by atoms with Gasteiger partial charge in [0.25, 0.3) is 0 Å². The van der Waals surface area contributed by atoms with Gasteiger partial charge >= 0.3 is 0 Å². The van der Waals surface area contributed by atoms with Crippen LogP contribution in [0.2, 0.25) is 0 Å². The Bertz CT molecular complexity index is 1210. The maximum Gasteiger partial charge on any atom is 0.225 e. The standard InChI is InChI=1S/C27H29N3O3/c1-19(2)26(31)30(17-23-14-9-15-32-23)18-24-25(21-11-6-5-7-12-21)28-29(4)27(24)33-22-13-8-10-20(3)16-22/h5-16,19H,17-18H2,1-4H3. The molecule has 0 aliphatic heterocycles. The van der Waals surface area contributed by atoms with Crippen molar-refractivity contribution in [2.24, 2.45) is 13.0 Å². The molecule has 6 heteroatoms. The topological polar surface area (TPSA) is 60.5 Å². The first-order valence-electron chi connectivity index (χ1n) is 11.1. The Morgan fingerprint density at radius 1 is 1.06 bits per heavy atom. The lowest BCUT2D eigenvalue weighted by Crippen LogP contribution is -2.33. The van der Waals surface area contributed by atoms with Gasteiger partial charge in [-0.3, -0.25) is 4.79 Å².